The van der Waals surface area contributed by atoms with E-state index in [9.17, 15) is 17.6 Å². The van der Waals surface area contributed by atoms with Crippen LogP contribution in [0.5, 0.6) is 0 Å². The summed E-state index contributed by atoms with van der Waals surface area (Å²) in [5, 5.41) is 2.74. The molecule has 28 heavy (non-hydrogen) atoms. The van der Waals surface area contributed by atoms with Crippen molar-refractivity contribution in [1.82, 2.24) is 14.2 Å². The number of hydrogen-bond acceptors (Lipinski definition) is 6. The molecule has 0 saturated carbocycles. The number of aromatic nitrogens is 1. The zero-order valence-electron chi connectivity index (χ0n) is 14.6. The van der Waals surface area contributed by atoms with Gasteiger partial charge in [0, 0.05) is 26.2 Å². The van der Waals surface area contributed by atoms with Crippen LogP contribution in [0.25, 0.3) is 9.88 Å². The molecule has 0 spiro atoms. The van der Waals surface area contributed by atoms with E-state index in [0.717, 1.165) is 16.0 Å². The third-order valence-corrected chi connectivity index (χ3v) is 8.39. The first-order valence-electron chi connectivity index (χ1n) is 8.50. The summed E-state index contributed by atoms with van der Waals surface area (Å²) in [5.74, 6) is -0.935. The lowest BCUT2D eigenvalue weighted by atomic mass is 10.3. The van der Waals surface area contributed by atoms with E-state index >= 15 is 0 Å². The van der Waals surface area contributed by atoms with Gasteiger partial charge >= 0.3 is 0 Å². The molecule has 2 aromatic heterocycles. The van der Waals surface area contributed by atoms with Crippen molar-refractivity contribution >= 4 is 38.6 Å². The zero-order chi connectivity index (χ0) is 19.7. The predicted octanol–water partition coefficient (Wildman–Crippen LogP) is 3.16. The van der Waals surface area contributed by atoms with Crippen molar-refractivity contribution in [3.8, 4) is 9.88 Å². The van der Waals surface area contributed by atoms with Crippen LogP contribution in [0, 0.1) is 5.82 Å². The van der Waals surface area contributed by atoms with Gasteiger partial charge < -0.3 is 4.90 Å². The van der Waals surface area contributed by atoms with Crippen LogP contribution in [0.2, 0.25) is 0 Å². The Morgan fingerprint density at radius 2 is 1.82 bits per heavy atom. The van der Waals surface area contributed by atoms with Gasteiger partial charge in [-0.15, -0.1) is 22.7 Å². The first-order chi connectivity index (χ1) is 13.5. The molecular formula is C18H16FN3O3S3. The second-order valence-electron chi connectivity index (χ2n) is 6.13. The summed E-state index contributed by atoms with van der Waals surface area (Å²) in [4.78, 5) is 19.8. The van der Waals surface area contributed by atoms with Crippen molar-refractivity contribution in [2.24, 2.45) is 0 Å². The minimum atomic E-state index is -3.92. The molecule has 1 saturated heterocycles. The van der Waals surface area contributed by atoms with Crippen molar-refractivity contribution in [3.63, 3.8) is 0 Å². The summed E-state index contributed by atoms with van der Waals surface area (Å²) in [6.07, 6.45) is 1.56. The third-order valence-electron chi connectivity index (χ3n) is 4.43. The van der Waals surface area contributed by atoms with E-state index < -0.39 is 15.8 Å². The number of carbonyl (C=O) groups is 1. The molecular weight excluding hydrogens is 421 g/mol. The third kappa shape index (κ3) is 3.60. The van der Waals surface area contributed by atoms with Crippen molar-refractivity contribution < 1.29 is 17.6 Å². The highest BCUT2D eigenvalue weighted by atomic mass is 32.2. The van der Waals surface area contributed by atoms with Crippen LogP contribution in [-0.4, -0.2) is 54.7 Å². The molecule has 0 bridgehead atoms. The molecule has 3 aromatic rings. The molecule has 0 atom stereocenters. The standard InChI is InChI=1S/C18H16FN3O3S3/c19-13-4-1-2-6-16(13)28(24,25)22-9-7-21(8-10-22)18(23)15-12-20-17(27-15)14-5-3-11-26-14/h1-6,11-12H,7-10H2. The van der Waals surface area contributed by atoms with Gasteiger partial charge in [0.15, 0.2) is 0 Å². The van der Waals surface area contributed by atoms with Crippen molar-refractivity contribution in [1.29, 1.82) is 0 Å². The topological polar surface area (TPSA) is 70.6 Å². The van der Waals surface area contributed by atoms with Crippen molar-refractivity contribution in [3.05, 3.63) is 58.7 Å². The maximum absolute atomic E-state index is 13.9. The maximum Gasteiger partial charge on any atom is 0.265 e. The minimum Gasteiger partial charge on any atom is -0.335 e. The van der Waals surface area contributed by atoms with Gasteiger partial charge in [0.2, 0.25) is 10.0 Å². The van der Waals surface area contributed by atoms with Crippen LogP contribution in [0.4, 0.5) is 4.39 Å². The molecule has 1 aliphatic heterocycles. The van der Waals surface area contributed by atoms with Gasteiger partial charge in [0.25, 0.3) is 5.91 Å². The summed E-state index contributed by atoms with van der Waals surface area (Å²) in [5.41, 5.74) is 0. The van der Waals surface area contributed by atoms with Crippen LogP contribution in [0.15, 0.2) is 52.9 Å². The fourth-order valence-electron chi connectivity index (χ4n) is 2.97. The van der Waals surface area contributed by atoms with Crippen LogP contribution >= 0.6 is 22.7 Å². The second kappa shape index (κ2) is 7.70. The van der Waals surface area contributed by atoms with E-state index in [1.54, 1.807) is 22.4 Å². The molecule has 1 fully saturated rings. The molecule has 1 aromatic carbocycles. The van der Waals surface area contributed by atoms with Gasteiger partial charge in [-0.2, -0.15) is 4.31 Å². The number of benzene rings is 1. The van der Waals surface area contributed by atoms with E-state index in [0.29, 0.717) is 4.88 Å². The van der Waals surface area contributed by atoms with Crippen LogP contribution in [0.3, 0.4) is 0 Å². The lowest BCUT2D eigenvalue weighted by molar-refractivity contribution is 0.0702. The first-order valence-corrected chi connectivity index (χ1v) is 11.6. The van der Waals surface area contributed by atoms with Gasteiger partial charge in [-0.3, -0.25) is 4.79 Å². The molecule has 0 radical (unpaired) electrons. The maximum atomic E-state index is 13.9. The van der Waals surface area contributed by atoms with Gasteiger partial charge in [-0.25, -0.2) is 17.8 Å². The van der Waals surface area contributed by atoms with Gasteiger partial charge in [-0.1, -0.05) is 18.2 Å². The fourth-order valence-corrected chi connectivity index (χ4v) is 6.14. The van der Waals surface area contributed by atoms with E-state index in [2.05, 4.69) is 4.98 Å². The molecule has 1 amide bonds. The van der Waals surface area contributed by atoms with E-state index in [-0.39, 0.29) is 37.0 Å². The molecule has 1 aliphatic rings. The Bertz CT molecular complexity index is 1090. The quantitative estimate of drug-likeness (QED) is 0.629. The summed E-state index contributed by atoms with van der Waals surface area (Å²) in [6.45, 7) is 0.746. The smallest absolute Gasteiger partial charge is 0.265 e. The number of carbonyl (C=O) groups excluding carboxylic acids is 1. The number of hydrogen-bond donors (Lipinski definition) is 0. The Morgan fingerprint density at radius 3 is 2.50 bits per heavy atom. The largest absolute Gasteiger partial charge is 0.335 e. The number of rotatable bonds is 4. The molecule has 146 valence electrons. The molecule has 10 heteroatoms. The SMILES string of the molecule is O=C(c1cnc(-c2cccs2)s1)N1CCN(S(=O)(=O)c2ccccc2F)CC1. The Labute approximate surface area is 169 Å². The minimum absolute atomic E-state index is 0.124. The normalized spacial score (nSPS) is 15.7. The molecule has 4 rings (SSSR count). The molecule has 6 nitrogen and oxygen atoms in total. The number of piperazine rings is 1. The first kappa shape index (κ1) is 19.2. The van der Waals surface area contributed by atoms with E-state index in [1.165, 1.54) is 33.8 Å². The zero-order valence-corrected chi connectivity index (χ0v) is 17.1. The Balaban J connectivity index is 1.44. The van der Waals surface area contributed by atoms with Gasteiger partial charge in [0.1, 0.15) is 20.6 Å². The Morgan fingerprint density at radius 1 is 1.07 bits per heavy atom. The number of nitrogens with zero attached hydrogens (tertiary/aromatic N) is 3. The highest BCUT2D eigenvalue weighted by Gasteiger charge is 2.32. The molecule has 3 heterocycles. The van der Waals surface area contributed by atoms with Crippen LogP contribution in [0.1, 0.15) is 9.67 Å². The highest BCUT2D eigenvalue weighted by molar-refractivity contribution is 7.89. The van der Waals surface area contributed by atoms with Crippen molar-refractivity contribution in [2.45, 2.75) is 4.90 Å². The number of amides is 1. The van der Waals surface area contributed by atoms with Crippen LogP contribution < -0.4 is 0 Å². The van der Waals surface area contributed by atoms with E-state index in [4.69, 9.17) is 0 Å². The lowest BCUT2D eigenvalue weighted by Gasteiger charge is -2.33. The average Bonchev–Trinajstić information content (AvgIpc) is 3.39. The summed E-state index contributed by atoms with van der Waals surface area (Å²) < 4.78 is 40.5. The van der Waals surface area contributed by atoms with Gasteiger partial charge in [0.05, 0.1) is 11.1 Å². The molecule has 0 N–H and O–H groups in total. The van der Waals surface area contributed by atoms with E-state index in [1.807, 2.05) is 17.5 Å². The summed E-state index contributed by atoms with van der Waals surface area (Å²) in [7, 11) is -3.92. The second-order valence-corrected chi connectivity index (χ2v) is 10.0. The number of halogens is 1. The predicted molar refractivity (Wildman–Crippen MR) is 106 cm³/mol. The Hall–Kier alpha value is -2.14. The van der Waals surface area contributed by atoms with Gasteiger partial charge in [-0.05, 0) is 23.6 Å². The summed E-state index contributed by atoms with van der Waals surface area (Å²) in [6, 6.07) is 9.20. The Kier molecular flexibility index (Phi) is 5.28. The molecule has 0 unspecified atom stereocenters. The average molecular weight is 438 g/mol. The van der Waals surface area contributed by atoms with Crippen LogP contribution in [-0.2, 0) is 10.0 Å². The monoisotopic (exact) mass is 437 g/mol. The fraction of sp³-hybridized carbons (Fsp3) is 0.222. The summed E-state index contributed by atoms with van der Waals surface area (Å²) >= 11 is 2.88. The number of sulfonamides is 1. The van der Waals surface area contributed by atoms with Crippen molar-refractivity contribution in [2.75, 3.05) is 26.2 Å². The highest BCUT2D eigenvalue weighted by Crippen LogP contribution is 2.30. The number of thiazole rings is 1. The number of thiophene rings is 1. The molecule has 0 aliphatic carbocycles. The lowest BCUT2D eigenvalue weighted by Crippen LogP contribution is -2.50.